The van der Waals surface area contributed by atoms with Crippen molar-refractivity contribution in [3.05, 3.63) is 87.0 Å². The number of cyclic esters (lactones) is 1. The highest BCUT2D eigenvalue weighted by atomic mass is 32.1. The van der Waals surface area contributed by atoms with Crippen molar-refractivity contribution < 1.29 is 86.2 Å². The lowest BCUT2D eigenvalue weighted by Crippen LogP contribution is -2.64. The van der Waals surface area contributed by atoms with Crippen molar-refractivity contribution in [1.29, 1.82) is 0 Å². The second-order valence-electron chi connectivity index (χ2n) is 18.5. The van der Waals surface area contributed by atoms with Gasteiger partial charge in [0.2, 0.25) is 12.4 Å². The lowest BCUT2D eigenvalue weighted by molar-refractivity contribution is -0.385. The molecule has 73 heavy (non-hydrogen) atoms. The minimum Gasteiger partial charge on any atom is -0.467 e. The molecule has 0 saturated carbocycles. The summed E-state index contributed by atoms with van der Waals surface area (Å²) in [6, 6.07) is 8.65. The summed E-state index contributed by atoms with van der Waals surface area (Å²) in [6.07, 6.45) is -8.88. The highest BCUT2D eigenvalue weighted by Crippen LogP contribution is 2.38. The highest BCUT2D eigenvalue weighted by molar-refractivity contribution is 7.18. The number of aliphatic hydroxyl groups is 1. The van der Waals surface area contributed by atoms with Gasteiger partial charge in [-0.3, -0.25) is 34.1 Å². The van der Waals surface area contributed by atoms with E-state index in [9.17, 15) is 48.8 Å². The maximum atomic E-state index is 14.7. The van der Waals surface area contributed by atoms with Crippen LogP contribution in [0.3, 0.4) is 0 Å². The van der Waals surface area contributed by atoms with Crippen molar-refractivity contribution in [2.24, 2.45) is 17.3 Å². The van der Waals surface area contributed by atoms with Crippen molar-refractivity contribution in [3.63, 3.8) is 0 Å². The average molecular weight is 1040 g/mol. The van der Waals surface area contributed by atoms with Crippen LogP contribution in [0.5, 0.6) is 5.75 Å². The van der Waals surface area contributed by atoms with Gasteiger partial charge in [-0.15, -0.1) is 17.9 Å². The number of hydrogen-bond acceptors (Lipinski definition) is 21. The molecule has 0 amide bonds. The standard InChI is InChI=1S/C51H62N2O19S/c1-11-13-35-42(58)27(3)15-12-14-26(2)16-19-37(32-17-21-39-36(23-32)52-28(4)73-39)69-41(57)24-40(51(8,9)47(35)59)71-50(61)65-25-33-22-34(53(62)63)18-20-38(33)70-49-46(68-31(7)56)44(67-30(6)55)43(66-29(5)54)45(72-49)48(60)64-10/h11,16-18,20-23,27,35,37,40,42-46,49,58H,1,12-15,19,24-25H2,2-10H3/b26-16-/t27-,35+,37-,40-,42-,43-,44-,45-,46+,49+/m0/s1. The molecule has 2 aliphatic rings. The van der Waals surface area contributed by atoms with Crippen LogP contribution in [0.15, 0.2) is 60.7 Å². The first kappa shape index (κ1) is 57.1. The van der Waals surface area contributed by atoms with Crippen LogP contribution in [-0.2, 0) is 73.3 Å². The predicted molar refractivity (Wildman–Crippen MR) is 258 cm³/mol. The fourth-order valence-electron chi connectivity index (χ4n) is 8.71. The molecule has 1 fully saturated rings. The van der Waals surface area contributed by atoms with Gasteiger partial charge in [-0.25, -0.2) is 14.6 Å². The number of aliphatic hydroxyl groups excluding tert-OH is 1. The molecule has 22 heteroatoms. The lowest BCUT2D eigenvalue weighted by Gasteiger charge is -2.43. The fourth-order valence-corrected chi connectivity index (χ4v) is 9.51. The Balaban J connectivity index is 1.50. The van der Waals surface area contributed by atoms with E-state index < -0.39 is 126 Å². The highest BCUT2D eigenvalue weighted by Gasteiger charge is 2.56. The molecule has 1 saturated heterocycles. The van der Waals surface area contributed by atoms with Crippen molar-refractivity contribution >= 4 is 69.0 Å². The first-order valence-corrected chi connectivity index (χ1v) is 24.3. The van der Waals surface area contributed by atoms with Crippen molar-refractivity contribution in [3.8, 4) is 5.75 Å². The summed E-state index contributed by atoms with van der Waals surface area (Å²) >= 11 is 1.51. The van der Waals surface area contributed by atoms with Crippen LogP contribution >= 0.6 is 11.3 Å². The van der Waals surface area contributed by atoms with E-state index in [0.29, 0.717) is 24.8 Å². The Morgan fingerprint density at radius 1 is 0.973 bits per heavy atom. The smallest absolute Gasteiger partial charge is 0.467 e. The largest absolute Gasteiger partial charge is 0.508 e. The lowest BCUT2D eigenvalue weighted by atomic mass is 9.71. The number of nitro benzene ring substituents is 1. The van der Waals surface area contributed by atoms with Crippen LogP contribution in [0.2, 0.25) is 0 Å². The van der Waals surface area contributed by atoms with E-state index in [1.54, 1.807) is 0 Å². The molecule has 0 aliphatic carbocycles. The maximum absolute atomic E-state index is 14.7. The third-order valence-corrected chi connectivity index (χ3v) is 13.5. The zero-order valence-corrected chi connectivity index (χ0v) is 43.0. The number of allylic oxidation sites excluding steroid dienone is 2. The maximum Gasteiger partial charge on any atom is 0.508 e. The number of esters is 5. The number of hydrogen-bond donors (Lipinski definition) is 1. The molecule has 396 valence electrons. The number of carbonyl (C=O) groups is 7. The second kappa shape index (κ2) is 25.2. The van der Waals surface area contributed by atoms with Crippen LogP contribution in [-0.4, -0.2) is 107 Å². The van der Waals surface area contributed by atoms with Gasteiger partial charge in [0.1, 0.15) is 30.3 Å². The number of Topliss-reactive ketones (excluding diaryl/α,β-unsaturated/α-hetero) is 1. The van der Waals surface area contributed by atoms with E-state index in [1.165, 1.54) is 31.3 Å². The van der Waals surface area contributed by atoms with Gasteiger partial charge in [0.05, 0.1) is 45.2 Å². The Morgan fingerprint density at radius 2 is 1.64 bits per heavy atom. The summed E-state index contributed by atoms with van der Waals surface area (Å²) < 4.78 is 51.4. The van der Waals surface area contributed by atoms with Gasteiger partial charge >= 0.3 is 36.0 Å². The fraction of sp³-hybridized carbons (Fsp3) is 0.529. The van der Waals surface area contributed by atoms with Gasteiger partial charge in [0, 0.05) is 50.8 Å². The molecule has 5 rings (SSSR count). The molecule has 1 N–H and O–H groups in total. The second-order valence-corrected chi connectivity index (χ2v) is 19.7. The minimum absolute atomic E-state index is 0.0555. The zero-order chi connectivity index (χ0) is 53.9. The van der Waals surface area contributed by atoms with Gasteiger partial charge in [-0.1, -0.05) is 30.7 Å². The Hall–Kier alpha value is -6.78. The Kier molecular flexibility index (Phi) is 19.8. The molecule has 0 radical (unpaired) electrons. The topological polar surface area (TPSA) is 279 Å². The Labute approximate surface area is 425 Å². The number of methoxy groups -OCH3 is 1. The number of ether oxygens (including phenoxy) is 9. The molecule has 3 heterocycles. The first-order valence-electron chi connectivity index (χ1n) is 23.5. The zero-order valence-electron chi connectivity index (χ0n) is 42.1. The van der Waals surface area contributed by atoms with E-state index in [0.717, 1.165) is 66.9 Å². The van der Waals surface area contributed by atoms with Gasteiger partial charge in [-0.05, 0) is 83.1 Å². The molecule has 21 nitrogen and oxygen atoms in total. The third kappa shape index (κ3) is 14.9. The molecule has 2 aliphatic heterocycles. The summed E-state index contributed by atoms with van der Waals surface area (Å²) in [6.45, 7) is 14.6. The number of rotatable bonds is 13. The monoisotopic (exact) mass is 1040 g/mol. The van der Waals surface area contributed by atoms with E-state index in [2.05, 4.69) is 11.6 Å². The van der Waals surface area contributed by atoms with E-state index in [1.807, 2.05) is 45.0 Å². The summed E-state index contributed by atoms with van der Waals surface area (Å²) in [5.74, 6) is -7.07. The number of carbonyl (C=O) groups excluding carboxylic acids is 7. The summed E-state index contributed by atoms with van der Waals surface area (Å²) in [5.41, 5.74) is -0.0384. The number of nitrogens with zero attached hydrogens (tertiary/aromatic N) is 2. The summed E-state index contributed by atoms with van der Waals surface area (Å²) in [5, 5.41) is 24.5. The van der Waals surface area contributed by atoms with Crippen LogP contribution in [0.1, 0.15) is 109 Å². The summed E-state index contributed by atoms with van der Waals surface area (Å²) in [4.78, 5) is 109. The van der Waals surface area contributed by atoms with Crippen molar-refractivity contribution in [1.82, 2.24) is 4.98 Å². The van der Waals surface area contributed by atoms with Crippen molar-refractivity contribution in [2.45, 2.75) is 150 Å². The van der Waals surface area contributed by atoms with E-state index in [-0.39, 0.29) is 30.1 Å². The average Bonchev–Trinajstić information content (AvgIpc) is 3.70. The predicted octanol–water partition coefficient (Wildman–Crippen LogP) is 7.59. The number of aromatic nitrogens is 1. The van der Waals surface area contributed by atoms with E-state index in [4.69, 9.17) is 42.6 Å². The molecular formula is C51H62N2O19S. The normalized spacial score (nSPS) is 26.7. The van der Waals surface area contributed by atoms with Crippen molar-refractivity contribution in [2.75, 3.05) is 7.11 Å². The van der Waals surface area contributed by atoms with Crippen LogP contribution in [0, 0.1) is 34.3 Å². The van der Waals surface area contributed by atoms with Gasteiger partial charge in [-0.2, -0.15) is 0 Å². The van der Waals surface area contributed by atoms with Gasteiger partial charge in [0.15, 0.2) is 18.3 Å². The molecule has 0 unspecified atom stereocenters. The number of benzene rings is 2. The molecule has 10 atom stereocenters. The van der Waals surface area contributed by atoms with E-state index >= 15 is 0 Å². The van der Waals surface area contributed by atoms with Crippen LogP contribution in [0.25, 0.3) is 10.2 Å². The number of nitro groups is 1. The summed E-state index contributed by atoms with van der Waals surface area (Å²) in [7, 11) is 0.993. The molecular weight excluding hydrogens is 977 g/mol. The number of aryl methyl sites for hydroxylation is 1. The van der Waals surface area contributed by atoms with Crippen LogP contribution in [0.4, 0.5) is 10.5 Å². The Bertz CT molecular complexity index is 2590. The molecule has 3 aromatic rings. The molecule has 1 aromatic heterocycles. The number of thiazole rings is 1. The number of fused-ring (bicyclic) bond motifs is 1. The molecule has 0 spiro atoms. The number of non-ortho nitro benzene ring substituents is 1. The first-order chi connectivity index (χ1) is 34.4. The van der Waals surface area contributed by atoms with Gasteiger partial charge in [0.25, 0.3) is 5.69 Å². The van der Waals surface area contributed by atoms with Gasteiger partial charge < -0.3 is 47.7 Å². The number of ketones is 1. The van der Waals surface area contributed by atoms with Crippen LogP contribution < -0.4 is 4.74 Å². The minimum atomic E-state index is -1.90. The third-order valence-electron chi connectivity index (χ3n) is 12.5. The molecule has 2 aromatic carbocycles. The molecule has 0 bridgehead atoms. The SMILES string of the molecule is C=CC[C@H]1C(=O)C(C)(C)[C@@H](OC(=O)OCc2cc([N+](=O)[O-])ccc2O[C@@H]2O[C@H](C(=O)OC)[C@@H](OC(C)=O)[C@H](OC(C)=O)[C@H]2OC(C)=O)CC(=O)O[C@H](c2ccc3sc(C)nc3c2)C/C=C(/C)CCC[C@H](C)[C@@H]1O. The quantitative estimate of drug-likeness (QED) is 0.0567. The Morgan fingerprint density at radius 3 is 2.29 bits per heavy atom.